The minimum absolute atomic E-state index is 0.0632. The van der Waals surface area contributed by atoms with E-state index in [1.807, 2.05) is 13.8 Å². The fraction of sp³-hybridized carbons (Fsp3) is 0.818. The molecule has 0 radical (unpaired) electrons. The molecular formula is C11H18N2O4. The van der Waals surface area contributed by atoms with Crippen LogP contribution < -0.4 is 10.6 Å². The summed E-state index contributed by atoms with van der Waals surface area (Å²) in [6, 6.07) is 0. The highest BCUT2D eigenvalue weighted by molar-refractivity contribution is 5.89. The summed E-state index contributed by atoms with van der Waals surface area (Å²) in [4.78, 5) is 22.7. The molecule has 2 N–H and O–H groups in total. The number of rotatable bonds is 3. The summed E-state index contributed by atoms with van der Waals surface area (Å²) in [5.41, 5.74) is 0. The number of ether oxygens (including phenoxy) is 2. The molecule has 0 aromatic heterocycles. The van der Waals surface area contributed by atoms with Crippen molar-refractivity contribution < 1.29 is 19.1 Å². The van der Waals surface area contributed by atoms with E-state index >= 15 is 0 Å². The largest absolute Gasteiger partial charge is 0.355 e. The maximum atomic E-state index is 11.7. The van der Waals surface area contributed by atoms with Gasteiger partial charge in [0.25, 0.3) is 0 Å². The van der Waals surface area contributed by atoms with Crippen LogP contribution in [0.1, 0.15) is 20.3 Å². The Morgan fingerprint density at radius 3 is 2.88 bits per heavy atom. The lowest BCUT2D eigenvalue weighted by molar-refractivity contribution is -0.140. The SMILES string of the molecule is CC1(C)OCC(CNC(=O)C2CNC(=O)C2)O1. The Labute approximate surface area is 100 Å². The van der Waals surface area contributed by atoms with Crippen LogP contribution in [0.3, 0.4) is 0 Å². The molecule has 0 aliphatic carbocycles. The van der Waals surface area contributed by atoms with Crippen LogP contribution in [0.15, 0.2) is 0 Å². The molecule has 96 valence electrons. The van der Waals surface area contributed by atoms with Gasteiger partial charge in [-0.3, -0.25) is 9.59 Å². The van der Waals surface area contributed by atoms with Gasteiger partial charge in [-0.15, -0.1) is 0 Å². The molecule has 2 amide bonds. The first-order valence-corrected chi connectivity index (χ1v) is 5.82. The van der Waals surface area contributed by atoms with Crippen LogP contribution in [-0.4, -0.2) is 43.4 Å². The molecule has 6 nitrogen and oxygen atoms in total. The Bertz CT molecular complexity index is 329. The number of amides is 2. The van der Waals surface area contributed by atoms with Crippen molar-refractivity contribution in [3.63, 3.8) is 0 Å². The summed E-state index contributed by atoms with van der Waals surface area (Å²) in [7, 11) is 0. The molecule has 0 saturated carbocycles. The first-order chi connectivity index (χ1) is 7.96. The van der Waals surface area contributed by atoms with Crippen LogP contribution in [0.5, 0.6) is 0 Å². The summed E-state index contributed by atoms with van der Waals surface area (Å²) in [6.45, 7) is 5.02. The zero-order valence-electron chi connectivity index (χ0n) is 10.1. The molecule has 2 aliphatic heterocycles. The molecule has 0 bridgehead atoms. The van der Waals surface area contributed by atoms with Crippen molar-refractivity contribution in [2.75, 3.05) is 19.7 Å². The van der Waals surface area contributed by atoms with Crippen LogP contribution in [0, 0.1) is 5.92 Å². The predicted molar refractivity (Wildman–Crippen MR) is 59.0 cm³/mol. The van der Waals surface area contributed by atoms with E-state index in [4.69, 9.17) is 9.47 Å². The number of carbonyl (C=O) groups excluding carboxylic acids is 2. The fourth-order valence-electron chi connectivity index (χ4n) is 2.01. The molecule has 2 rings (SSSR count). The second-order valence-corrected chi connectivity index (χ2v) is 4.90. The molecule has 2 unspecified atom stereocenters. The second kappa shape index (κ2) is 4.62. The van der Waals surface area contributed by atoms with E-state index in [2.05, 4.69) is 10.6 Å². The van der Waals surface area contributed by atoms with Gasteiger partial charge in [-0.05, 0) is 13.8 Å². The van der Waals surface area contributed by atoms with Crippen molar-refractivity contribution in [1.29, 1.82) is 0 Å². The normalized spacial score (nSPS) is 31.3. The Morgan fingerprint density at radius 2 is 2.35 bits per heavy atom. The van der Waals surface area contributed by atoms with E-state index in [-0.39, 0.29) is 30.3 Å². The Hall–Kier alpha value is -1.14. The van der Waals surface area contributed by atoms with Crippen molar-refractivity contribution >= 4 is 11.8 Å². The van der Waals surface area contributed by atoms with Gasteiger partial charge in [0.2, 0.25) is 11.8 Å². The van der Waals surface area contributed by atoms with Crippen LogP contribution in [0.4, 0.5) is 0 Å². The number of hydrogen-bond acceptors (Lipinski definition) is 4. The minimum Gasteiger partial charge on any atom is -0.355 e. The maximum Gasteiger partial charge on any atom is 0.225 e. The third kappa shape index (κ3) is 3.17. The minimum atomic E-state index is -0.569. The van der Waals surface area contributed by atoms with Crippen molar-refractivity contribution in [1.82, 2.24) is 10.6 Å². The molecule has 6 heteroatoms. The average molecular weight is 242 g/mol. The average Bonchev–Trinajstić information content (AvgIpc) is 2.81. The van der Waals surface area contributed by atoms with Gasteiger partial charge in [-0.25, -0.2) is 0 Å². The third-order valence-electron chi connectivity index (χ3n) is 2.92. The van der Waals surface area contributed by atoms with Crippen molar-refractivity contribution in [2.45, 2.75) is 32.2 Å². The molecule has 0 aromatic carbocycles. The molecular weight excluding hydrogens is 224 g/mol. The highest BCUT2D eigenvalue weighted by Crippen LogP contribution is 2.21. The molecule has 0 aromatic rings. The lowest BCUT2D eigenvalue weighted by atomic mass is 10.1. The lowest BCUT2D eigenvalue weighted by Crippen LogP contribution is -2.38. The Morgan fingerprint density at radius 1 is 1.59 bits per heavy atom. The van der Waals surface area contributed by atoms with E-state index < -0.39 is 5.79 Å². The first kappa shape index (κ1) is 12.3. The van der Waals surface area contributed by atoms with Gasteiger partial charge >= 0.3 is 0 Å². The predicted octanol–water partition coefficient (Wildman–Crippen LogP) is -0.610. The zero-order chi connectivity index (χ0) is 12.5. The van der Waals surface area contributed by atoms with E-state index in [0.717, 1.165) is 0 Å². The van der Waals surface area contributed by atoms with Crippen LogP contribution >= 0.6 is 0 Å². The van der Waals surface area contributed by atoms with Crippen molar-refractivity contribution in [3.8, 4) is 0 Å². The van der Waals surface area contributed by atoms with Gasteiger partial charge < -0.3 is 20.1 Å². The molecule has 2 saturated heterocycles. The highest BCUT2D eigenvalue weighted by Gasteiger charge is 2.34. The molecule has 17 heavy (non-hydrogen) atoms. The summed E-state index contributed by atoms with van der Waals surface area (Å²) in [6.07, 6.45) is 0.165. The summed E-state index contributed by atoms with van der Waals surface area (Å²) >= 11 is 0. The van der Waals surface area contributed by atoms with Gasteiger partial charge in [0, 0.05) is 19.5 Å². The maximum absolute atomic E-state index is 11.7. The van der Waals surface area contributed by atoms with Crippen molar-refractivity contribution in [3.05, 3.63) is 0 Å². The van der Waals surface area contributed by atoms with E-state index in [9.17, 15) is 9.59 Å². The molecule has 2 atom stereocenters. The van der Waals surface area contributed by atoms with Gasteiger partial charge in [0.05, 0.1) is 12.5 Å². The van der Waals surface area contributed by atoms with Crippen LogP contribution in [0.2, 0.25) is 0 Å². The standard InChI is InChI=1S/C11H18N2O4/c1-11(2)16-6-8(17-11)5-13-10(15)7-3-9(14)12-4-7/h7-8H,3-6H2,1-2H3,(H,12,14)(H,13,15). The zero-order valence-corrected chi connectivity index (χ0v) is 10.1. The van der Waals surface area contributed by atoms with Gasteiger partial charge in [-0.2, -0.15) is 0 Å². The van der Waals surface area contributed by atoms with Crippen LogP contribution in [-0.2, 0) is 19.1 Å². The molecule has 0 spiro atoms. The van der Waals surface area contributed by atoms with E-state index in [0.29, 0.717) is 19.7 Å². The first-order valence-electron chi connectivity index (χ1n) is 5.82. The van der Waals surface area contributed by atoms with Crippen LogP contribution in [0.25, 0.3) is 0 Å². The van der Waals surface area contributed by atoms with Gasteiger partial charge in [0.15, 0.2) is 5.79 Å². The Kier molecular flexibility index (Phi) is 3.35. The summed E-state index contributed by atoms with van der Waals surface area (Å²) < 4.78 is 11.0. The second-order valence-electron chi connectivity index (χ2n) is 4.90. The number of nitrogens with one attached hydrogen (secondary N) is 2. The summed E-state index contributed by atoms with van der Waals surface area (Å²) in [5, 5.41) is 5.42. The van der Waals surface area contributed by atoms with E-state index in [1.165, 1.54) is 0 Å². The molecule has 2 heterocycles. The third-order valence-corrected chi connectivity index (χ3v) is 2.92. The quantitative estimate of drug-likeness (QED) is 0.692. The van der Waals surface area contributed by atoms with Crippen molar-refractivity contribution in [2.24, 2.45) is 5.92 Å². The monoisotopic (exact) mass is 242 g/mol. The van der Waals surface area contributed by atoms with Gasteiger partial charge in [0.1, 0.15) is 6.10 Å². The smallest absolute Gasteiger partial charge is 0.225 e. The fourth-order valence-corrected chi connectivity index (χ4v) is 2.01. The lowest BCUT2D eigenvalue weighted by Gasteiger charge is -2.17. The topological polar surface area (TPSA) is 76.7 Å². The molecule has 2 aliphatic rings. The highest BCUT2D eigenvalue weighted by atomic mass is 16.7. The number of hydrogen-bond donors (Lipinski definition) is 2. The van der Waals surface area contributed by atoms with E-state index in [1.54, 1.807) is 0 Å². The summed E-state index contributed by atoms with van der Waals surface area (Å²) in [5.74, 6) is -0.985. The van der Waals surface area contributed by atoms with Gasteiger partial charge in [-0.1, -0.05) is 0 Å². The Balaban J connectivity index is 1.72. The number of carbonyl (C=O) groups is 2. The molecule has 2 fully saturated rings.